The van der Waals surface area contributed by atoms with E-state index in [2.05, 4.69) is 10.3 Å². The number of benzene rings is 3. The van der Waals surface area contributed by atoms with Crippen molar-refractivity contribution in [3.05, 3.63) is 120 Å². The van der Waals surface area contributed by atoms with E-state index in [0.29, 0.717) is 27.9 Å². The molecule has 4 amide bonds. The van der Waals surface area contributed by atoms with Gasteiger partial charge in [-0.1, -0.05) is 60.3 Å². The molecule has 45 heavy (non-hydrogen) atoms. The average molecular weight is 627 g/mol. The molecule has 2 fully saturated rings. The minimum atomic E-state index is -1.01. The van der Waals surface area contributed by atoms with E-state index < -0.39 is 35.0 Å². The molecule has 0 aliphatic carbocycles. The number of amidine groups is 1. The summed E-state index contributed by atoms with van der Waals surface area (Å²) in [7, 11) is 0. The van der Waals surface area contributed by atoms with Crippen molar-refractivity contribution in [1.82, 2.24) is 9.80 Å². The number of carbonyl (C=O) groups is 4. The number of nitrogens with one attached hydrogen (secondary N) is 1. The lowest BCUT2D eigenvalue weighted by atomic mass is 10.1. The Morgan fingerprint density at radius 3 is 2.53 bits per heavy atom. The van der Waals surface area contributed by atoms with E-state index in [4.69, 9.17) is 9.15 Å². The van der Waals surface area contributed by atoms with E-state index in [1.807, 2.05) is 18.2 Å². The molecule has 2 atom stereocenters. The molecular weight excluding hydrogens is 599 g/mol. The second-order valence-corrected chi connectivity index (χ2v) is 11.4. The van der Waals surface area contributed by atoms with Gasteiger partial charge in [0.05, 0.1) is 18.5 Å². The maximum absolute atomic E-state index is 13.8. The van der Waals surface area contributed by atoms with E-state index in [9.17, 15) is 23.6 Å². The average Bonchev–Trinajstić information content (AvgIpc) is 3.77. The van der Waals surface area contributed by atoms with Crippen LogP contribution < -0.4 is 5.32 Å². The Morgan fingerprint density at radius 1 is 1.00 bits per heavy atom. The molecule has 3 aromatic carbocycles. The first kappa shape index (κ1) is 29.8. The molecule has 2 saturated heterocycles. The van der Waals surface area contributed by atoms with Crippen LogP contribution in [0.1, 0.15) is 35.0 Å². The highest BCUT2D eigenvalue weighted by Gasteiger charge is 2.42. The Morgan fingerprint density at radius 2 is 1.80 bits per heavy atom. The lowest BCUT2D eigenvalue weighted by Gasteiger charge is -2.22. The van der Waals surface area contributed by atoms with Crippen molar-refractivity contribution >= 4 is 52.1 Å². The summed E-state index contributed by atoms with van der Waals surface area (Å²) in [5.74, 6) is -1.09. The second kappa shape index (κ2) is 13.2. The number of carbonyl (C=O) groups excluding carboxylic acids is 4. The molecule has 228 valence electrons. The largest absolute Gasteiger partial charge is 0.467 e. The Bertz CT molecular complexity index is 1750. The standard InChI is InChI=1S/C33H27FN4O6S/c34-23-8-4-9-25(18-23)36-32-37(19-26-10-5-17-43-26)31(41)29(45-32)22-11-13-24(14-12-22)35-30(40)27-15-16-28(39)38(27)33(42)44-20-21-6-2-1-3-7-21/h1-14,17-18,27,29H,15-16,19-20H2,(H,35,40)/t27-,29?/m0/s1. The number of hydrogen-bond donors (Lipinski definition) is 1. The molecule has 10 nitrogen and oxygen atoms in total. The van der Waals surface area contributed by atoms with Crippen LogP contribution >= 0.6 is 11.8 Å². The van der Waals surface area contributed by atoms with E-state index >= 15 is 0 Å². The molecule has 6 rings (SSSR count). The number of imide groups is 1. The first-order valence-corrected chi connectivity index (χ1v) is 15.0. The van der Waals surface area contributed by atoms with Gasteiger partial charge in [0.1, 0.15) is 29.5 Å². The van der Waals surface area contributed by atoms with Crippen LogP contribution in [-0.4, -0.2) is 44.8 Å². The van der Waals surface area contributed by atoms with Crippen LogP contribution in [-0.2, 0) is 32.3 Å². The summed E-state index contributed by atoms with van der Waals surface area (Å²) >= 11 is 1.23. The Kier molecular flexibility index (Phi) is 8.74. The van der Waals surface area contributed by atoms with E-state index in [0.717, 1.165) is 10.5 Å². The number of aliphatic imine (C=N–C) groups is 1. The van der Waals surface area contributed by atoms with Gasteiger partial charge in [0.2, 0.25) is 17.7 Å². The van der Waals surface area contributed by atoms with Gasteiger partial charge in [-0.2, -0.15) is 0 Å². The van der Waals surface area contributed by atoms with E-state index in [-0.39, 0.29) is 31.9 Å². The van der Waals surface area contributed by atoms with Crippen molar-refractivity contribution < 1.29 is 32.7 Å². The Balaban J connectivity index is 1.14. The highest BCUT2D eigenvalue weighted by atomic mass is 32.2. The molecule has 4 aromatic rings. The molecule has 3 heterocycles. The van der Waals surface area contributed by atoms with Gasteiger partial charge < -0.3 is 14.5 Å². The summed E-state index contributed by atoms with van der Waals surface area (Å²) in [5, 5.41) is 2.52. The Hall–Kier alpha value is -5.23. The molecule has 0 spiro atoms. The molecule has 1 N–H and O–H groups in total. The fraction of sp³-hybridized carbons (Fsp3) is 0.182. The zero-order valence-electron chi connectivity index (χ0n) is 23.8. The first-order valence-electron chi connectivity index (χ1n) is 14.1. The summed E-state index contributed by atoms with van der Waals surface area (Å²) < 4.78 is 24.6. The topological polar surface area (TPSA) is 122 Å². The van der Waals surface area contributed by atoms with Crippen molar-refractivity contribution in [3.8, 4) is 0 Å². The molecule has 2 aliphatic rings. The highest BCUT2D eigenvalue weighted by molar-refractivity contribution is 8.15. The summed E-state index contributed by atoms with van der Waals surface area (Å²) in [5.41, 5.74) is 2.22. The van der Waals surface area contributed by atoms with E-state index in [1.165, 1.54) is 35.1 Å². The fourth-order valence-electron chi connectivity index (χ4n) is 5.03. The molecule has 1 aromatic heterocycles. The maximum Gasteiger partial charge on any atom is 0.417 e. The minimum Gasteiger partial charge on any atom is -0.467 e. The molecule has 0 radical (unpaired) electrons. The fourth-order valence-corrected chi connectivity index (χ4v) is 6.20. The van der Waals surface area contributed by atoms with Crippen LogP contribution in [0.3, 0.4) is 0 Å². The number of halogens is 1. The van der Waals surface area contributed by atoms with Crippen molar-refractivity contribution in [2.24, 2.45) is 4.99 Å². The number of anilines is 1. The van der Waals surface area contributed by atoms with Crippen LogP contribution in [0.15, 0.2) is 107 Å². The zero-order valence-corrected chi connectivity index (χ0v) is 24.6. The number of likely N-dealkylation sites (tertiary alicyclic amines) is 1. The first-order chi connectivity index (χ1) is 21.9. The molecular formula is C33H27FN4O6S. The number of furan rings is 1. The van der Waals surface area contributed by atoms with E-state index in [1.54, 1.807) is 60.7 Å². The van der Waals surface area contributed by atoms with Crippen molar-refractivity contribution in [2.45, 2.75) is 37.3 Å². The molecule has 2 aliphatic heterocycles. The van der Waals surface area contributed by atoms with Gasteiger partial charge >= 0.3 is 6.09 Å². The molecule has 1 unspecified atom stereocenters. The Labute approximate surface area is 261 Å². The molecule has 0 saturated carbocycles. The number of hydrogen-bond acceptors (Lipinski definition) is 8. The summed E-state index contributed by atoms with van der Waals surface area (Å²) in [6, 6.07) is 24.0. The third kappa shape index (κ3) is 6.80. The number of thioether (sulfide) groups is 1. The van der Waals surface area contributed by atoms with Crippen molar-refractivity contribution in [3.63, 3.8) is 0 Å². The monoisotopic (exact) mass is 626 g/mol. The number of ether oxygens (including phenoxy) is 1. The number of nitrogens with zero attached hydrogens (tertiary/aromatic N) is 3. The third-order valence-electron chi connectivity index (χ3n) is 7.27. The number of rotatable bonds is 8. The highest BCUT2D eigenvalue weighted by Crippen LogP contribution is 2.41. The summed E-state index contributed by atoms with van der Waals surface area (Å²) in [6.45, 7) is 0.132. The van der Waals surface area contributed by atoms with Gasteiger partial charge in [0.25, 0.3) is 0 Å². The number of amides is 4. The van der Waals surface area contributed by atoms with Gasteiger partial charge in [-0.25, -0.2) is 19.1 Å². The predicted octanol–water partition coefficient (Wildman–Crippen LogP) is 6.19. The van der Waals surface area contributed by atoms with Gasteiger partial charge in [-0.15, -0.1) is 0 Å². The van der Waals surface area contributed by atoms with Crippen LogP contribution in [0.4, 0.5) is 20.6 Å². The lowest BCUT2D eigenvalue weighted by Crippen LogP contribution is -2.45. The van der Waals surface area contributed by atoms with Gasteiger partial charge in [-0.05, 0) is 60.0 Å². The summed E-state index contributed by atoms with van der Waals surface area (Å²) in [4.78, 5) is 58.8. The van der Waals surface area contributed by atoms with Crippen LogP contribution in [0.2, 0.25) is 0 Å². The normalized spacial score (nSPS) is 18.9. The van der Waals surface area contributed by atoms with Gasteiger partial charge in [0, 0.05) is 12.1 Å². The smallest absolute Gasteiger partial charge is 0.417 e. The second-order valence-electron chi connectivity index (χ2n) is 10.3. The summed E-state index contributed by atoms with van der Waals surface area (Å²) in [6.07, 6.45) is 0.871. The van der Waals surface area contributed by atoms with Crippen LogP contribution in [0, 0.1) is 5.82 Å². The maximum atomic E-state index is 13.8. The van der Waals surface area contributed by atoms with Crippen molar-refractivity contribution in [1.29, 1.82) is 0 Å². The third-order valence-corrected chi connectivity index (χ3v) is 8.50. The SMILES string of the molecule is O=C(Nc1ccc(C2SC(=Nc3cccc(F)c3)N(Cc3ccco3)C2=O)cc1)[C@@H]1CCC(=O)N1C(=O)OCc1ccccc1. The van der Waals surface area contributed by atoms with Crippen LogP contribution in [0.5, 0.6) is 0 Å². The molecule has 0 bridgehead atoms. The van der Waals surface area contributed by atoms with Gasteiger partial charge in [-0.3, -0.25) is 19.3 Å². The predicted molar refractivity (Wildman–Crippen MR) is 165 cm³/mol. The quantitative estimate of drug-likeness (QED) is 0.248. The molecule has 12 heteroatoms. The van der Waals surface area contributed by atoms with Gasteiger partial charge in [0.15, 0.2) is 5.17 Å². The zero-order chi connectivity index (χ0) is 31.3. The van der Waals surface area contributed by atoms with Crippen LogP contribution in [0.25, 0.3) is 0 Å². The lowest BCUT2D eigenvalue weighted by molar-refractivity contribution is -0.131. The van der Waals surface area contributed by atoms with Crippen molar-refractivity contribution in [2.75, 3.05) is 5.32 Å². The minimum absolute atomic E-state index is 0.0231.